The van der Waals surface area contributed by atoms with Gasteiger partial charge in [-0.2, -0.15) is 0 Å². The van der Waals surface area contributed by atoms with Crippen molar-refractivity contribution in [3.05, 3.63) is 63.4 Å². The number of hydrogen-bond donors (Lipinski definition) is 2. The van der Waals surface area contributed by atoms with Gasteiger partial charge in [-0.1, -0.05) is 29.3 Å². The molecule has 0 radical (unpaired) electrons. The molecule has 0 bridgehead atoms. The molecule has 1 aromatic heterocycles. The van der Waals surface area contributed by atoms with Crippen LogP contribution in [0.15, 0.2) is 36.5 Å². The van der Waals surface area contributed by atoms with Crippen molar-refractivity contribution in [1.82, 2.24) is 15.2 Å². The fourth-order valence-corrected chi connectivity index (χ4v) is 3.53. The molecule has 0 spiro atoms. The van der Waals surface area contributed by atoms with Crippen LogP contribution in [-0.4, -0.2) is 34.0 Å². The van der Waals surface area contributed by atoms with Crippen LogP contribution >= 0.6 is 23.2 Å². The molecule has 1 aliphatic heterocycles. The lowest BCUT2D eigenvalue weighted by molar-refractivity contribution is -0.131. The minimum absolute atomic E-state index is 0.266. The van der Waals surface area contributed by atoms with Crippen LogP contribution in [0, 0.1) is 0 Å². The number of aliphatic hydroxyl groups excluding tert-OH is 1. The first-order valence-corrected chi connectivity index (χ1v) is 8.26. The van der Waals surface area contributed by atoms with E-state index in [0.29, 0.717) is 22.3 Å². The SMILES string of the molecule is CN1Cc2cccnc2C(O)C1C(=O)NCc1cc(Cl)cc(Cl)c1. The number of likely N-dealkylation sites (N-methyl/N-ethyl adjacent to an activating group) is 1. The average Bonchev–Trinajstić information content (AvgIpc) is 2.52. The fourth-order valence-electron chi connectivity index (χ4n) is 2.96. The Hall–Kier alpha value is -1.66. The lowest BCUT2D eigenvalue weighted by atomic mass is 9.95. The molecule has 126 valence electrons. The molecule has 3 rings (SSSR count). The number of hydrogen-bond acceptors (Lipinski definition) is 4. The number of benzene rings is 1. The van der Waals surface area contributed by atoms with E-state index in [1.165, 1.54) is 0 Å². The summed E-state index contributed by atoms with van der Waals surface area (Å²) in [6.45, 7) is 0.840. The number of carbonyl (C=O) groups excluding carboxylic acids is 1. The second-order valence-electron chi connectivity index (χ2n) is 5.85. The molecule has 0 aliphatic carbocycles. The van der Waals surface area contributed by atoms with Crippen LogP contribution in [0.4, 0.5) is 0 Å². The van der Waals surface area contributed by atoms with Crippen LogP contribution in [-0.2, 0) is 17.9 Å². The first kappa shape index (κ1) is 17.2. The summed E-state index contributed by atoms with van der Waals surface area (Å²) in [5.74, 6) is -0.266. The highest BCUT2D eigenvalue weighted by Crippen LogP contribution is 2.29. The lowest BCUT2D eigenvalue weighted by Crippen LogP contribution is -2.51. The molecular weight excluding hydrogens is 349 g/mol. The number of amides is 1. The molecule has 2 aromatic rings. The molecule has 2 N–H and O–H groups in total. The number of carbonyl (C=O) groups is 1. The predicted molar refractivity (Wildman–Crippen MR) is 92.8 cm³/mol. The van der Waals surface area contributed by atoms with Crippen LogP contribution in [0.3, 0.4) is 0 Å². The Balaban J connectivity index is 1.73. The summed E-state index contributed by atoms with van der Waals surface area (Å²) >= 11 is 11.9. The van der Waals surface area contributed by atoms with Crippen LogP contribution in [0.5, 0.6) is 0 Å². The zero-order valence-electron chi connectivity index (χ0n) is 13.0. The number of fused-ring (bicyclic) bond motifs is 1. The first-order chi connectivity index (χ1) is 11.5. The van der Waals surface area contributed by atoms with Gasteiger partial charge in [-0.3, -0.25) is 14.7 Å². The Bertz CT molecular complexity index is 749. The number of pyridine rings is 1. The van der Waals surface area contributed by atoms with Crippen molar-refractivity contribution in [2.75, 3.05) is 7.05 Å². The largest absolute Gasteiger partial charge is 0.385 e. The molecule has 0 saturated heterocycles. The summed E-state index contributed by atoms with van der Waals surface area (Å²) in [4.78, 5) is 18.6. The number of aromatic nitrogens is 1. The molecule has 0 saturated carbocycles. The van der Waals surface area contributed by atoms with Crippen LogP contribution in [0.25, 0.3) is 0 Å². The lowest BCUT2D eigenvalue weighted by Gasteiger charge is -2.36. The van der Waals surface area contributed by atoms with Gasteiger partial charge in [-0.25, -0.2) is 0 Å². The zero-order valence-corrected chi connectivity index (χ0v) is 14.6. The molecule has 0 fully saturated rings. The Kier molecular flexibility index (Phi) is 5.06. The fraction of sp³-hybridized carbons (Fsp3) is 0.294. The van der Waals surface area contributed by atoms with Crippen molar-refractivity contribution < 1.29 is 9.90 Å². The van der Waals surface area contributed by atoms with E-state index in [2.05, 4.69) is 10.3 Å². The van der Waals surface area contributed by atoms with E-state index in [9.17, 15) is 9.90 Å². The van der Waals surface area contributed by atoms with E-state index in [1.807, 2.05) is 17.0 Å². The van der Waals surface area contributed by atoms with Crippen molar-refractivity contribution in [2.24, 2.45) is 0 Å². The molecular formula is C17H17Cl2N3O2. The van der Waals surface area contributed by atoms with Gasteiger partial charge in [0.2, 0.25) is 5.91 Å². The Morgan fingerprint density at radius 1 is 1.38 bits per heavy atom. The summed E-state index contributed by atoms with van der Waals surface area (Å²) in [7, 11) is 1.81. The third-order valence-corrected chi connectivity index (χ3v) is 4.49. The van der Waals surface area contributed by atoms with Crippen molar-refractivity contribution >= 4 is 29.1 Å². The highest BCUT2D eigenvalue weighted by molar-refractivity contribution is 6.34. The van der Waals surface area contributed by atoms with Crippen molar-refractivity contribution in [2.45, 2.75) is 25.2 Å². The van der Waals surface area contributed by atoms with Crippen molar-refractivity contribution in [3.8, 4) is 0 Å². The summed E-state index contributed by atoms with van der Waals surface area (Å²) in [6, 6.07) is 8.15. The summed E-state index contributed by atoms with van der Waals surface area (Å²) in [5.41, 5.74) is 2.28. The highest BCUT2D eigenvalue weighted by Gasteiger charge is 2.37. The minimum atomic E-state index is -0.970. The third-order valence-electron chi connectivity index (χ3n) is 4.06. The molecule has 1 amide bonds. The number of halogens is 2. The number of nitrogens with zero attached hydrogens (tertiary/aromatic N) is 2. The number of aliphatic hydroxyl groups is 1. The summed E-state index contributed by atoms with van der Waals surface area (Å²) in [5, 5.41) is 14.4. The average molecular weight is 366 g/mol. The van der Waals surface area contributed by atoms with Gasteiger partial charge in [-0.15, -0.1) is 0 Å². The molecule has 24 heavy (non-hydrogen) atoms. The van der Waals surface area contributed by atoms with E-state index in [1.54, 1.807) is 31.4 Å². The Morgan fingerprint density at radius 3 is 2.79 bits per heavy atom. The maximum atomic E-state index is 12.6. The second-order valence-corrected chi connectivity index (χ2v) is 6.72. The minimum Gasteiger partial charge on any atom is -0.385 e. The van der Waals surface area contributed by atoms with Crippen LogP contribution in [0.2, 0.25) is 10.0 Å². The molecule has 2 atom stereocenters. The first-order valence-electron chi connectivity index (χ1n) is 7.50. The van der Waals surface area contributed by atoms with Crippen molar-refractivity contribution in [3.63, 3.8) is 0 Å². The highest BCUT2D eigenvalue weighted by atomic mass is 35.5. The molecule has 7 heteroatoms. The quantitative estimate of drug-likeness (QED) is 0.876. The molecule has 1 aliphatic rings. The zero-order chi connectivity index (χ0) is 17.3. The van der Waals surface area contributed by atoms with Gasteiger partial charge >= 0.3 is 0 Å². The monoisotopic (exact) mass is 365 g/mol. The van der Waals surface area contributed by atoms with Crippen LogP contribution in [0.1, 0.15) is 22.9 Å². The number of nitrogens with one attached hydrogen (secondary N) is 1. The topological polar surface area (TPSA) is 65.5 Å². The number of rotatable bonds is 3. The van der Waals surface area contributed by atoms with Crippen molar-refractivity contribution in [1.29, 1.82) is 0 Å². The molecule has 1 aromatic carbocycles. The van der Waals surface area contributed by atoms with E-state index in [-0.39, 0.29) is 12.5 Å². The van der Waals surface area contributed by atoms with Crippen LogP contribution < -0.4 is 5.32 Å². The molecule has 2 unspecified atom stereocenters. The summed E-state index contributed by atoms with van der Waals surface area (Å²) in [6.07, 6.45) is 0.652. The van der Waals surface area contributed by atoms with Gasteiger partial charge in [0.1, 0.15) is 12.1 Å². The normalized spacial score (nSPS) is 20.5. The molecule has 5 nitrogen and oxygen atoms in total. The third kappa shape index (κ3) is 3.54. The summed E-state index contributed by atoms with van der Waals surface area (Å²) < 4.78 is 0. The smallest absolute Gasteiger partial charge is 0.240 e. The van der Waals surface area contributed by atoms with Gasteiger partial charge in [-0.05, 0) is 42.4 Å². The van der Waals surface area contributed by atoms with Gasteiger partial charge in [0.25, 0.3) is 0 Å². The van der Waals surface area contributed by atoms with Gasteiger partial charge in [0, 0.05) is 29.3 Å². The van der Waals surface area contributed by atoms with Gasteiger partial charge in [0.05, 0.1) is 5.69 Å². The second kappa shape index (κ2) is 7.07. The molecule has 2 heterocycles. The van der Waals surface area contributed by atoms with E-state index < -0.39 is 12.1 Å². The maximum absolute atomic E-state index is 12.6. The van der Waals surface area contributed by atoms with Gasteiger partial charge in [0.15, 0.2) is 0 Å². The van der Waals surface area contributed by atoms with Gasteiger partial charge < -0.3 is 10.4 Å². The standard InChI is InChI=1S/C17H17Cl2N3O2/c1-22-9-11-3-2-4-20-14(11)16(23)15(22)17(24)21-8-10-5-12(18)7-13(19)6-10/h2-7,15-16,23H,8-9H2,1H3,(H,21,24). The van der Waals surface area contributed by atoms with E-state index in [0.717, 1.165) is 11.1 Å². The van der Waals surface area contributed by atoms with E-state index in [4.69, 9.17) is 23.2 Å². The Labute approximate surface area is 150 Å². The van der Waals surface area contributed by atoms with E-state index >= 15 is 0 Å². The maximum Gasteiger partial charge on any atom is 0.240 e. The predicted octanol–water partition coefficient (Wildman–Crippen LogP) is 2.55. The Morgan fingerprint density at radius 2 is 2.08 bits per heavy atom.